The fraction of sp³-hybridized carbons (Fsp3) is 0.200. The van der Waals surface area contributed by atoms with Crippen molar-refractivity contribution in [3.8, 4) is 0 Å². The van der Waals surface area contributed by atoms with Gasteiger partial charge in [-0.15, -0.1) is 11.3 Å². The molecule has 118 valence electrons. The van der Waals surface area contributed by atoms with Crippen LogP contribution in [0.5, 0.6) is 0 Å². The number of para-hydroxylation sites is 1. The van der Waals surface area contributed by atoms with E-state index < -0.39 is 0 Å². The van der Waals surface area contributed by atoms with Crippen LogP contribution < -0.4 is 11.3 Å². The fourth-order valence-corrected chi connectivity index (χ4v) is 2.85. The summed E-state index contributed by atoms with van der Waals surface area (Å²) in [6.07, 6.45) is 0. The minimum Gasteiger partial charge on any atom is -0.333 e. The average Bonchev–Trinajstić information content (AvgIpc) is 3.03. The van der Waals surface area contributed by atoms with Crippen molar-refractivity contribution >= 4 is 28.1 Å². The molecule has 0 saturated heterocycles. The first-order chi connectivity index (χ1) is 11.1. The van der Waals surface area contributed by atoms with Crippen LogP contribution in [0.25, 0.3) is 10.9 Å². The molecule has 0 aliphatic heterocycles. The van der Waals surface area contributed by atoms with Crippen molar-refractivity contribution in [3.05, 3.63) is 56.5 Å². The quantitative estimate of drug-likeness (QED) is 0.746. The second-order valence-electron chi connectivity index (χ2n) is 5.02. The van der Waals surface area contributed by atoms with Crippen molar-refractivity contribution in [2.75, 3.05) is 7.05 Å². The fourth-order valence-electron chi connectivity index (χ4n) is 2.20. The highest BCUT2D eigenvalue weighted by molar-refractivity contribution is 7.09. The van der Waals surface area contributed by atoms with Gasteiger partial charge in [-0.2, -0.15) is 0 Å². The van der Waals surface area contributed by atoms with Gasteiger partial charge in [-0.3, -0.25) is 9.59 Å². The van der Waals surface area contributed by atoms with E-state index in [4.69, 9.17) is 5.73 Å². The first kappa shape index (κ1) is 15.3. The van der Waals surface area contributed by atoms with Crippen molar-refractivity contribution in [1.82, 2.24) is 19.9 Å². The predicted octanol–water partition coefficient (Wildman–Crippen LogP) is 1.11. The maximum atomic E-state index is 12.3. The first-order valence-electron chi connectivity index (χ1n) is 6.96. The van der Waals surface area contributed by atoms with Crippen LogP contribution >= 0.6 is 11.3 Å². The molecule has 0 unspecified atom stereocenters. The van der Waals surface area contributed by atoms with Crippen LogP contribution in [0, 0.1) is 0 Å². The normalized spacial score (nSPS) is 10.9. The summed E-state index contributed by atoms with van der Waals surface area (Å²) >= 11 is 1.35. The molecule has 0 aliphatic carbocycles. The zero-order chi connectivity index (χ0) is 16.4. The summed E-state index contributed by atoms with van der Waals surface area (Å²) in [6, 6.07) is 7.08. The number of H-pyrrole nitrogens is 1. The van der Waals surface area contributed by atoms with E-state index in [1.807, 2.05) is 6.07 Å². The molecule has 1 amide bonds. The van der Waals surface area contributed by atoms with E-state index in [1.165, 1.54) is 16.2 Å². The van der Waals surface area contributed by atoms with Gasteiger partial charge < -0.3 is 15.6 Å². The molecule has 3 aromatic rings. The Balaban J connectivity index is 1.83. The number of aromatic amines is 1. The highest BCUT2D eigenvalue weighted by Gasteiger charge is 2.16. The van der Waals surface area contributed by atoms with Crippen molar-refractivity contribution in [2.45, 2.75) is 13.1 Å². The molecule has 0 aliphatic rings. The largest absolute Gasteiger partial charge is 0.333 e. The van der Waals surface area contributed by atoms with Crippen LogP contribution in [0.15, 0.2) is 34.4 Å². The van der Waals surface area contributed by atoms with E-state index in [-0.39, 0.29) is 18.0 Å². The number of nitrogens with two attached hydrogens (primary N) is 1. The Labute approximate surface area is 135 Å². The minimum atomic E-state index is -0.239. The summed E-state index contributed by atoms with van der Waals surface area (Å²) in [4.78, 5) is 37.1. The monoisotopic (exact) mass is 329 g/mol. The maximum Gasteiger partial charge on any atom is 0.273 e. The number of carbonyl (C=O) groups excluding carboxylic acids is 1. The van der Waals surface area contributed by atoms with Crippen LogP contribution in [-0.4, -0.2) is 32.8 Å². The van der Waals surface area contributed by atoms with Gasteiger partial charge in [-0.05, 0) is 12.1 Å². The molecule has 3 rings (SSSR count). The highest BCUT2D eigenvalue weighted by Crippen LogP contribution is 2.12. The third-order valence-electron chi connectivity index (χ3n) is 3.34. The van der Waals surface area contributed by atoms with Crippen molar-refractivity contribution in [1.29, 1.82) is 0 Å². The molecule has 3 N–H and O–H groups in total. The highest BCUT2D eigenvalue weighted by atomic mass is 32.1. The number of hydrogen-bond acceptors (Lipinski definition) is 6. The molecule has 0 atom stereocenters. The van der Waals surface area contributed by atoms with E-state index in [0.717, 1.165) is 0 Å². The molecular formula is C15H15N5O2S. The molecule has 2 heterocycles. The minimum absolute atomic E-state index is 0.189. The van der Waals surface area contributed by atoms with Crippen molar-refractivity contribution in [2.24, 2.45) is 5.73 Å². The Morgan fingerprint density at radius 3 is 2.87 bits per heavy atom. The smallest absolute Gasteiger partial charge is 0.273 e. The number of nitrogens with zero attached hydrogens (tertiary/aromatic N) is 3. The molecule has 8 heteroatoms. The molecule has 7 nitrogen and oxygen atoms in total. The Morgan fingerprint density at radius 2 is 2.13 bits per heavy atom. The second kappa shape index (κ2) is 6.27. The van der Waals surface area contributed by atoms with Gasteiger partial charge in [0.1, 0.15) is 16.5 Å². The van der Waals surface area contributed by atoms with Crippen LogP contribution in [0.1, 0.15) is 21.3 Å². The zero-order valence-electron chi connectivity index (χ0n) is 12.4. The Hall–Kier alpha value is -2.58. The number of hydrogen-bond donors (Lipinski definition) is 2. The van der Waals surface area contributed by atoms with Crippen LogP contribution in [-0.2, 0) is 13.1 Å². The molecule has 0 radical (unpaired) electrons. The van der Waals surface area contributed by atoms with Gasteiger partial charge in [0.15, 0.2) is 0 Å². The van der Waals surface area contributed by atoms with E-state index in [1.54, 1.807) is 30.6 Å². The lowest BCUT2D eigenvalue weighted by atomic mass is 10.2. The summed E-state index contributed by atoms with van der Waals surface area (Å²) in [7, 11) is 1.64. The molecule has 23 heavy (non-hydrogen) atoms. The van der Waals surface area contributed by atoms with Gasteiger partial charge in [0.05, 0.1) is 17.4 Å². The van der Waals surface area contributed by atoms with Crippen molar-refractivity contribution < 1.29 is 4.79 Å². The van der Waals surface area contributed by atoms with Crippen LogP contribution in [0.3, 0.4) is 0 Å². The molecule has 2 aromatic heterocycles. The summed E-state index contributed by atoms with van der Waals surface area (Å²) < 4.78 is 0. The number of nitrogens with one attached hydrogen (secondary N) is 1. The standard InChI is InChI=1S/C15H15N5O2S/c1-20(15(22)11-8-23-13(6-16)18-11)7-12-17-10-5-3-2-4-9(10)14(21)19-12/h2-5,8H,6-7,16H2,1H3,(H,17,19,21). The summed E-state index contributed by atoms with van der Waals surface area (Å²) in [5.74, 6) is 0.190. The number of aromatic nitrogens is 3. The lowest BCUT2D eigenvalue weighted by molar-refractivity contribution is 0.0776. The predicted molar refractivity (Wildman–Crippen MR) is 88.2 cm³/mol. The topological polar surface area (TPSA) is 105 Å². The Morgan fingerprint density at radius 1 is 1.35 bits per heavy atom. The third-order valence-corrected chi connectivity index (χ3v) is 4.21. The maximum absolute atomic E-state index is 12.3. The van der Waals surface area contributed by atoms with Gasteiger partial charge in [0, 0.05) is 19.0 Å². The SMILES string of the molecule is CN(Cc1nc2ccccc2c(=O)[nH]1)C(=O)c1csc(CN)n1. The van der Waals surface area contributed by atoms with E-state index in [9.17, 15) is 9.59 Å². The summed E-state index contributed by atoms with van der Waals surface area (Å²) in [6.45, 7) is 0.496. The zero-order valence-corrected chi connectivity index (χ0v) is 13.3. The number of thiazole rings is 1. The van der Waals surface area contributed by atoms with Gasteiger partial charge >= 0.3 is 0 Å². The lowest BCUT2D eigenvalue weighted by Crippen LogP contribution is -2.28. The Kier molecular flexibility index (Phi) is 4.18. The average molecular weight is 329 g/mol. The number of benzene rings is 1. The number of rotatable bonds is 4. The number of fused-ring (bicyclic) bond motifs is 1. The van der Waals surface area contributed by atoms with Crippen LogP contribution in [0.4, 0.5) is 0 Å². The van der Waals surface area contributed by atoms with E-state index in [0.29, 0.717) is 34.0 Å². The van der Waals surface area contributed by atoms with E-state index >= 15 is 0 Å². The third kappa shape index (κ3) is 3.13. The van der Waals surface area contributed by atoms with E-state index in [2.05, 4.69) is 15.0 Å². The van der Waals surface area contributed by atoms with Gasteiger partial charge in [-0.25, -0.2) is 9.97 Å². The molecule has 0 bridgehead atoms. The summed E-state index contributed by atoms with van der Waals surface area (Å²) in [5, 5.41) is 2.91. The van der Waals surface area contributed by atoms with Crippen LogP contribution in [0.2, 0.25) is 0 Å². The van der Waals surface area contributed by atoms with Crippen molar-refractivity contribution in [3.63, 3.8) is 0 Å². The number of amides is 1. The number of carbonyl (C=O) groups is 1. The van der Waals surface area contributed by atoms with Gasteiger partial charge in [-0.1, -0.05) is 12.1 Å². The van der Waals surface area contributed by atoms with Gasteiger partial charge in [0.25, 0.3) is 11.5 Å². The molecule has 0 fully saturated rings. The first-order valence-corrected chi connectivity index (χ1v) is 7.84. The lowest BCUT2D eigenvalue weighted by Gasteiger charge is -2.15. The second-order valence-corrected chi connectivity index (χ2v) is 5.96. The van der Waals surface area contributed by atoms with Gasteiger partial charge in [0.2, 0.25) is 0 Å². The summed E-state index contributed by atoms with van der Waals surface area (Å²) in [5.41, 5.74) is 6.24. The molecular weight excluding hydrogens is 314 g/mol. The molecule has 0 spiro atoms. The molecule has 0 saturated carbocycles. The molecule has 1 aromatic carbocycles. The Bertz CT molecular complexity index is 917.